The van der Waals surface area contributed by atoms with Gasteiger partial charge in [-0.25, -0.2) is 0 Å². The standard InChI is InChI=1S/3C9H8N2.3C3H8.3C2H6/c1-7-2-3-8-9(6-7)11-5-4-10-8;1-7-2-3-8-4-5-10-11-9(8)6-7;1-7-5-9-8(11-6-7)3-2-4-10-9;3*1-3-2;3*1-2/h3*2-6H,1H3;3*3H2,1-2H3;3*1-2H3. The zero-order valence-corrected chi connectivity index (χ0v) is 33.0. The van der Waals surface area contributed by atoms with Gasteiger partial charge >= 0.3 is 0 Å². The van der Waals surface area contributed by atoms with Crippen molar-refractivity contribution >= 4 is 33.0 Å². The minimum Gasteiger partial charge on any atom is -0.255 e. The third kappa shape index (κ3) is 22.2. The number of hydrogen-bond donors (Lipinski definition) is 0. The Labute approximate surface area is 293 Å². The van der Waals surface area contributed by atoms with Gasteiger partial charge in [-0.15, -0.1) is 0 Å². The van der Waals surface area contributed by atoms with Crippen LogP contribution >= 0.6 is 0 Å². The maximum atomic E-state index is 4.22. The second-order valence-electron chi connectivity index (χ2n) is 9.82. The first-order valence-electron chi connectivity index (χ1n) is 17.9. The Morgan fingerprint density at radius 3 is 1.42 bits per heavy atom. The van der Waals surface area contributed by atoms with Crippen molar-refractivity contribution in [1.29, 1.82) is 0 Å². The molecule has 0 N–H and O–H groups in total. The number of rotatable bonds is 0. The summed E-state index contributed by atoms with van der Waals surface area (Å²) in [5.41, 5.74) is 8.40. The summed E-state index contributed by atoms with van der Waals surface area (Å²) in [5, 5.41) is 8.94. The van der Waals surface area contributed by atoms with E-state index in [1.807, 2.05) is 117 Å². The molecule has 2 aromatic carbocycles. The molecule has 4 aromatic heterocycles. The molecule has 0 unspecified atom stereocenters. The summed E-state index contributed by atoms with van der Waals surface area (Å²) >= 11 is 0. The lowest BCUT2D eigenvalue weighted by molar-refractivity contribution is 1.07. The molecule has 6 aromatic rings. The predicted octanol–water partition coefficient (Wildman–Crippen LogP) is 13.1. The van der Waals surface area contributed by atoms with E-state index in [0.717, 1.165) is 38.5 Å². The van der Waals surface area contributed by atoms with Crippen molar-refractivity contribution in [3.05, 3.63) is 108 Å². The van der Waals surface area contributed by atoms with Gasteiger partial charge in [-0.1, -0.05) is 121 Å². The molecule has 0 aliphatic rings. The Balaban J connectivity index is -0.000000527. The molecule has 48 heavy (non-hydrogen) atoms. The average Bonchev–Trinajstić information content (AvgIpc) is 3.12. The van der Waals surface area contributed by atoms with Crippen molar-refractivity contribution in [1.82, 2.24) is 30.1 Å². The number of fused-ring (bicyclic) bond motifs is 3. The van der Waals surface area contributed by atoms with Crippen molar-refractivity contribution in [2.45, 2.75) is 123 Å². The maximum absolute atomic E-state index is 4.22. The first-order valence-corrected chi connectivity index (χ1v) is 17.9. The Kier molecular flexibility index (Phi) is 34.1. The number of aromatic nitrogens is 6. The first kappa shape index (κ1) is 48.1. The molecule has 264 valence electrons. The lowest BCUT2D eigenvalue weighted by Gasteiger charge is -1.95. The Bertz CT molecular complexity index is 1380. The van der Waals surface area contributed by atoms with Gasteiger partial charge in [0.25, 0.3) is 0 Å². The molecule has 0 radical (unpaired) electrons. The summed E-state index contributed by atoms with van der Waals surface area (Å²) in [4.78, 5) is 16.7. The van der Waals surface area contributed by atoms with Gasteiger partial charge in [-0.2, -0.15) is 10.2 Å². The number of pyridine rings is 2. The van der Waals surface area contributed by atoms with Crippen LogP contribution in [0.4, 0.5) is 0 Å². The summed E-state index contributed by atoms with van der Waals surface area (Å²) in [6, 6.07) is 20.1. The van der Waals surface area contributed by atoms with Crippen LogP contribution in [0.1, 0.15) is 119 Å². The number of nitrogens with zero attached hydrogens (tertiary/aromatic N) is 6. The minimum atomic E-state index is 0.957. The van der Waals surface area contributed by atoms with E-state index in [2.05, 4.69) is 83.8 Å². The fourth-order valence-corrected chi connectivity index (χ4v) is 3.22. The second-order valence-corrected chi connectivity index (χ2v) is 9.82. The molecule has 0 amide bonds. The van der Waals surface area contributed by atoms with Crippen molar-refractivity contribution in [2.24, 2.45) is 0 Å². The van der Waals surface area contributed by atoms with Gasteiger partial charge in [-0.05, 0) is 79.9 Å². The highest BCUT2D eigenvalue weighted by Crippen LogP contribution is 2.11. The lowest BCUT2D eigenvalue weighted by Crippen LogP contribution is -1.82. The fraction of sp³-hybridized carbons (Fsp3) is 0.429. The number of aryl methyl sites for hydroxylation is 3. The van der Waals surface area contributed by atoms with E-state index in [1.165, 1.54) is 30.4 Å². The highest BCUT2D eigenvalue weighted by molar-refractivity contribution is 5.78. The van der Waals surface area contributed by atoms with Gasteiger partial charge in [0.05, 0.1) is 33.8 Å². The Morgan fingerprint density at radius 2 is 0.854 bits per heavy atom. The summed E-state index contributed by atoms with van der Waals surface area (Å²) in [5.74, 6) is 0. The topological polar surface area (TPSA) is 77.3 Å². The van der Waals surface area contributed by atoms with E-state index >= 15 is 0 Å². The van der Waals surface area contributed by atoms with Crippen LogP contribution in [-0.2, 0) is 0 Å². The SMILES string of the molecule is CC.CC.CC.CCC.CCC.CCC.Cc1ccc2ccnnc2c1.Cc1ccc2nccnc2c1.Cc1cnc2cccnc2c1. The number of hydrogen-bond acceptors (Lipinski definition) is 6. The molecule has 0 spiro atoms. The maximum Gasteiger partial charge on any atom is 0.0932 e. The third-order valence-electron chi connectivity index (χ3n) is 4.88. The molecule has 6 rings (SSSR count). The smallest absolute Gasteiger partial charge is 0.0932 e. The zero-order chi connectivity index (χ0) is 37.2. The summed E-state index contributed by atoms with van der Waals surface area (Å²) in [7, 11) is 0. The highest BCUT2D eigenvalue weighted by atomic mass is 15.1. The van der Waals surface area contributed by atoms with E-state index in [-0.39, 0.29) is 0 Å². The van der Waals surface area contributed by atoms with Gasteiger partial charge in [0, 0.05) is 30.2 Å². The van der Waals surface area contributed by atoms with Crippen LogP contribution in [-0.4, -0.2) is 30.1 Å². The van der Waals surface area contributed by atoms with E-state index in [4.69, 9.17) is 0 Å². The quantitative estimate of drug-likeness (QED) is 0.162. The molecule has 0 aliphatic heterocycles. The van der Waals surface area contributed by atoms with Gasteiger partial charge in [-0.3, -0.25) is 19.9 Å². The molecule has 0 fully saturated rings. The van der Waals surface area contributed by atoms with Crippen molar-refractivity contribution in [2.75, 3.05) is 0 Å². The van der Waals surface area contributed by atoms with Crippen LogP contribution in [0.2, 0.25) is 0 Å². The van der Waals surface area contributed by atoms with E-state index in [0.29, 0.717) is 0 Å². The van der Waals surface area contributed by atoms with E-state index in [1.54, 1.807) is 24.8 Å². The second kappa shape index (κ2) is 34.0. The van der Waals surface area contributed by atoms with E-state index < -0.39 is 0 Å². The normalized spacial score (nSPS) is 8.56. The largest absolute Gasteiger partial charge is 0.255 e. The predicted molar refractivity (Wildman–Crippen MR) is 215 cm³/mol. The summed E-state index contributed by atoms with van der Waals surface area (Å²) in [6.07, 6.45) is 12.5. The summed E-state index contributed by atoms with van der Waals surface area (Å²) < 4.78 is 0. The first-order chi connectivity index (χ1) is 23.3. The molecule has 4 heterocycles. The van der Waals surface area contributed by atoms with Crippen LogP contribution in [0.25, 0.3) is 33.0 Å². The van der Waals surface area contributed by atoms with Crippen LogP contribution in [0, 0.1) is 20.8 Å². The highest BCUT2D eigenvalue weighted by Gasteiger charge is 1.94. The van der Waals surface area contributed by atoms with Crippen LogP contribution < -0.4 is 0 Å². The van der Waals surface area contributed by atoms with Crippen molar-refractivity contribution < 1.29 is 0 Å². The molecule has 6 nitrogen and oxygen atoms in total. The van der Waals surface area contributed by atoms with Crippen molar-refractivity contribution in [3.63, 3.8) is 0 Å². The Morgan fingerprint density at radius 1 is 0.417 bits per heavy atom. The van der Waals surface area contributed by atoms with Gasteiger partial charge < -0.3 is 0 Å². The van der Waals surface area contributed by atoms with Gasteiger partial charge in [0.2, 0.25) is 0 Å². The molecule has 0 saturated heterocycles. The summed E-state index contributed by atoms with van der Waals surface area (Å²) in [6.45, 7) is 30.9. The molecule has 6 heteroatoms. The molecular formula is C42H66N6. The van der Waals surface area contributed by atoms with Crippen LogP contribution in [0.3, 0.4) is 0 Å². The fourth-order valence-electron chi connectivity index (χ4n) is 3.22. The van der Waals surface area contributed by atoms with Gasteiger partial charge in [0.15, 0.2) is 0 Å². The number of benzene rings is 2. The molecule has 0 bridgehead atoms. The minimum absolute atomic E-state index is 0.957. The molecular weight excluding hydrogens is 589 g/mol. The van der Waals surface area contributed by atoms with E-state index in [9.17, 15) is 0 Å². The Hall–Kier alpha value is -4.32. The lowest BCUT2D eigenvalue weighted by atomic mass is 10.2. The van der Waals surface area contributed by atoms with Crippen LogP contribution in [0.5, 0.6) is 0 Å². The molecule has 0 atom stereocenters. The van der Waals surface area contributed by atoms with Crippen LogP contribution in [0.15, 0.2) is 91.6 Å². The third-order valence-corrected chi connectivity index (χ3v) is 4.88. The average molecular weight is 655 g/mol. The van der Waals surface area contributed by atoms with Crippen molar-refractivity contribution in [3.8, 4) is 0 Å². The van der Waals surface area contributed by atoms with Gasteiger partial charge in [0.1, 0.15) is 0 Å². The molecule has 0 aliphatic carbocycles. The zero-order valence-electron chi connectivity index (χ0n) is 33.0. The monoisotopic (exact) mass is 655 g/mol. The molecule has 0 saturated carbocycles.